The van der Waals surface area contributed by atoms with Crippen molar-refractivity contribution in [2.45, 2.75) is 63.6 Å². The molecule has 1 aromatic carbocycles. The van der Waals surface area contributed by atoms with Crippen LogP contribution in [0.25, 0.3) is 0 Å². The first-order chi connectivity index (χ1) is 9.97. The van der Waals surface area contributed by atoms with Crippen LogP contribution in [0.5, 0.6) is 0 Å². The largest absolute Gasteiger partial charge is 0.300 e. The molecule has 0 N–H and O–H groups in total. The second-order valence-corrected chi connectivity index (χ2v) is 12.7. The molecule has 2 heteroatoms. The molecule has 114 valence electrons. The molecule has 2 aliphatic rings. The summed E-state index contributed by atoms with van der Waals surface area (Å²) in [7, 11) is -1.67. The molecule has 0 radical (unpaired) electrons. The monoisotopic (exact) mass is 300 g/mol. The van der Waals surface area contributed by atoms with Gasteiger partial charge in [0.2, 0.25) is 0 Å². The summed E-state index contributed by atoms with van der Waals surface area (Å²) >= 11 is 0. The van der Waals surface area contributed by atoms with Crippen molar-refractivity contribution < 1.29 is 4.79 Å². The summed E-state index contributed by atoms with van der Waals surface area (Å²) in [4.78, 5) is 12.4. The molecule has 2 saturated carbocycles. The number of ketones is 1. The lowest BCUT2D eigenvalue weighted by Gasteiger charge is -2.57. The van der Waals surface area contributed by atoms with Crippen LogP contribution in [-0.2, 0) is 4.79 Å². The average molecular weight is 301 g/mol. The maximum atomic E-state index is 12.4. The van der Waals surface area contributed by atoms with Crippen LogP contribution in [0.1, 0.15) is 45.4 Å². The Labute approximate surface area is 130 Å². The number of benzene rings is 1. The summed E-state index contributed by atoms with van der Waals surface area (Å²) in [5.41, 5.74) is 0. The zero-order valence-electron chi connectivity index (χ0n) is 13.7. The second kappa shape index (κ2) is 5.39. The summed E-state index contributed by atoms with van der Waals surface area (Å²) in [6.45, 7) is 7.37. The van der Waals surface area contributed by atoms with Crippen LogP contribution in [0.2, 0.25) is 18.1 Å². The molecular weight excluding hydrogens is 272 g/mol. The summed E-state index contributed by atoms with van der Waals surface area (Å²) in [6.07, 6.45) is 6.99. The number of Topliss-reactive ketones (excluding diaryl/α,β-unsaturated/α-hetero) is 1. The Kier molecular flexibility index (Phi) is 3.85. The van der Waals surface area contributed by atoms with E-state index in [0.717, 1.165) is 18.8 Å². The van der Waals surface area contributed by atoms with Crippen molar-refractivity contribution >= 4 is 19.0 Å². The molecule has 0 bridgehead atoms. The molecule has 1 aromatic rings. The molecule has 2 aliphatic carbocycles. The predicted octanol–water partition coefficient (Wildman–Crippen LogP) is 4.53. The van der Waals surface area contributed by atoms with Gasteiger partial charge in [0.25, 0.3) is 0 Å². The first kappa shape index (κ1) is 15.0. The van der Waals surface area contributed by atoms with Crippen molar-refractivity contribution in [3.05, 3.63) is 30.3 Å². The molecule has 3 rings (SSSR count). The van der Waals surface area contributed by atoms with Crippen molar-refractivity contribution in [1.29, 1.82) is 0 Å². The quantitative estimate of drug-likeness (QED) is 0.733. The molecule has 0 heterocycles. The van der Waals surface area contributed by atoms with Gasteiger partial charge in [-0.1, -0.05) is 68.4 Å². The van der Waals surface area contributed by atoms with Gasteiger partial charge in [-0.3, -0.25) is 4.79 Å². The van der Waals surface area contributed by atoms with Crippen molar-refractivity contribution in [1.82, 2.24) is 0 Å². The molecule has 0 unspecified atom stereocenters. The van der Waals surface area contributed by atoms with Gasteiger partial charge in [0, 0.05) is 12.8 Å². The van der Waals surface area contributed by atoms with E-state index in [1.165, 1.54) is 25.7 Å². The number of carbonyl (C=O) groups is 1. The number of carbonyl (C=O) groups excluding carboxylic acids is 1. The van der Waals surface area contributed by atoms with Gasteiger partial charge in [-0.05, 0) is 29.7 Å². The molecule has 2 fully saturated rings. The van der Waals surface area contributed by atoms with E-state index in [-0.39, 0.29) is 0 Å². The van der Waals surface area contributed by atoms with Crippen LogP contribution in [0.3, 0.4) is 0 Å². The molecule has 0 spiro atoms. The summed E-state index contributed by atoms with van der Waals surface area (Å²) < 4.78 is 0. The fraction of sp³-hybridized carbons (Fsp3) is 0.632. The third-order valence-corrected chi connectivity index (χ3v) is 11.7. The number of hydrogen-bond donors (Lipinski definition) is 0. The van der Waals surface area contributed by atoms with Gasteiger partial charge >= 0.3 is 0 Å². The zero-order valence-corrected chi connectivity index (χ0v) is 14.7. The van der Waals surface area contributed by atoms with E-state index in [2.05, 4.69) is 50.3 Å². The molecule has 0 aliphatic heterocycles. The van der Waals surface area contributed by atoms with Crippen molar-refractivity contribution in [2.75, 3.05) is 0 Å². The normalized spacial score (nSPS) is 33.6. The molecule has 1 nitrogen and oxygen atoms in total. The van der Waals surface area contributed by atoms with Crippen LogP contribution >= 0.6 is 0 Å². The maximum Gasteiger partial charge on any atom is 0.133 e. The number of fused-ring (bicyclic) bond motifs is 1. The molecule has 0 aromatic heterocycles. The van der Waals surface area contributed by atoms with Gasteiger partial charge in [0.05, 0.1) is 8.07 Å². The zero-order chi connectivity index (χ0) is 15.1. The van der Waals surface area contributed by atoms with Crippen LogP contribution in [-0.4, -0.2) is 13.9 Å². The second-order valence-electron chi connectivity index (χ2n) is 7.90. The lowest BCUT2D eigenvalue weighted by molar-refractivity contribution is -0.124. The van der Waals surface area contributed by atoms with Crippen LogP contribution < -0.4 is 5.19 Å². The lowest BCUT2D eigenvalue weighted by atomic mass is 9.65. The minimum atomic E-state index is -1.67. The lowest BCUT2D eigenvalue weighted by Crippen LogP contribution is -2.60. The van der Waals surface area contributed by atoms with E-state index in [1.807, 2.05) is 0 Å². The van der Waals surface area contributed by atoms with Gasteiger partial charge in [-0.2, -0.15) is 0 Å². The van der Waals surface area contributed by atoms with Crippen molar-refractivity contribution in [3.8, 4) is 0 Å². The first-order valence-corrected chi connectivity index (χ1v) is 11.5. The Hall–Kier alpha value is -0.893. The molecule has 21 heavy (non-hydrogen) atoms. The molecule has 3 atom stereocenters. The first-order valence-electron chi connectivity index (χ1n) is 8.54. The number of rotatable bonds is 2. The van der Waals surface area contributed by atoms with E-state index in [1.54, 1.807) is 5.19 Å². The highest BCUT2D eigenvalue weighted by molar-refractivity contribution is 6.92. The van der Waals surface area contributed by atoms with Crippen molar-refractivity contribution in [2.24, 2.45) is 11.8 Å². The van der Waals surface area contributed by atoms with E-state index in [0.29, 0.717) is 16.7 Å². The Morgan fingerprint density at radius 3 is 2.57 bits per heavy atom. The highest BCUT2D eigenvalue weighted by atomic mass is 28.3. The van der Waals surface area contributed by atoms with E-state index >= 15 is 0 Å². The highest BCUT2D eigenvalue weighted by Gasteiger charge is 2.57. The fourth-order valence-electron chi connectivity index (χ4n) is 5.38. The summed E-state index contributed by atoms with van der Waals surface area (Å²) in [5.74, 6) is 1.88. The number of hydrogen-bond acceptors (Lipinski definition) is 1. The average Bonchev–Trinajstić information content (AvgIpc) is 2.47. The minimum absolute atomic E-state index is 0.307. The minimum Gasteiger partial charge on any atom is -0.300 e. The third kappa shape index (κ3) is 2.32. The Balaban J connectivity index is 2.08. The smallest absolute Gasteiger partial charge is 0.133 e. The van der Waals surface area contributed by atoms with Gasteiger partial charge in [0.15, 0.2) is 0 Å². The van der Waals surface area contributed by atoms with E-state index in [9.17, 15) is 4.79 Å². The Bertz CT molecular complexity index is 522. The van der Waals surface area contributed by atoms with Gasteiger partial charge in [-0.15, -0.1) is 0 Å². The van der Waals surface area contributed by atoms with E-state index < -0.39 is 8.07 Å². The van der Waals surface area contributed by atoms with Crippen LogP contribution in [0.4, 0.5) is 0 Å². The molecule has 0 saturated heterocycles. The van der Waals surface area contributed by atoms with Crippen molar-refractivity contribution in [3.63, 3.8) is 0 Å². The summed E-state index contributed by atoms with van der Waals surface area (Å²) in [5, 5.41) is 1.85. The maximum absolute atomic E-state index is 12.4. The Morgan fingerprint density at radius 1 is 1.14 bits per heavy atom. The van der Waals surface area contributed by atoms with Crippen LogP contribution in [0.15, 0.2) is 30.3 Å². The van der Waals surface area contributed by atoms with E-state index in [4.69, 9.17) is 0 Å². The van der Waals surface area contributed by atoms with Gasteiger partial charge in [-0.25, -0.2) is 0 Å². The standard InChI is InChI=1S/C19H28OSi/c1-15-13-16(20)14-19(12-8-7-11-18(15)19)21(2,3)17-9-5-4-6-10-17/h4-6,9-10,15,18H,7-8,11-14H2,1-3H3/t15-,18-,19-/m0/s1. The van der Waals surface area contributed by atoms with Gasteiger partial charge < -0.3 is 0 Å². The third-order valence-electron chi connectivity index (χ3n) is 6.59. The SMILES string of the molecule is C[C@H]1CC(=O)C[C@@]2([Si](C)(C)c3ccccc3)CCCC[C@@H]12. The fourth-order valence-corrected chi connectivity index (χ4v) is 9.78. The molecule has 0 amide bonds. The summed E-state index contributed by atoms with van der Waals surface area (Å²) in [6, 6.07) is 11.1. The van der Waals surface area contributed by atoms with Crippen LogP contribution in [0, 0.1) is 11.8 Å². The Morgan fingerprint density at radius 2 is 1.86 bits per heavy atom. The van der Waals surface area contributed by atoms with Gasteiger partial charge in [0.1, 0.15) is 5.78 Å². The molecular formula is C19H28OSi. The topological polar surface area (TPSA) is 17.1 Å². The highest BCUT2D eigenvalue weighted by Crippen LogP contribution is 2.61. The predicted molar refractivity (Wildman–Crippen MR) is 91.6 cm³/mol.